The summed E-state index contributed by atoms with van der Waals surface area (Å²) in [5.74, 6) is 0. The van der Waals surface area contributed by atoms with Gasteiger partial charge in [-0.3, -0.25) is 4.79 Å². The second kappa shape index (κ2) is 4.56. The number of hydrogen-bond acceptors (Lipinski definition) is 1. The van der Waals surface area contributed by atoms with Crippen molar-refractivity contribution in [3.05, 3.63) is 29.8 Å². The Hall–Kier alpha value is -0.893. The third-order valence-corrected chi connectivity index (χ3v) is 4.43. The third kappa shape index (κ3) is 2.81. The summed E-state index contributed by atoms with van der Waals surface area (Å²) in [6.07, 6.45) is 3.31. The van der Waals surface area contributed by atoms with E-state index < -0.39 is 8.07 Å². The van der Waals surface area contributed by atoms with Crippen LogP contribution in [0.1, 0.15) is 12.0 Å². The van der Waals surface area contributed by atoms with Gasteiger partial charge in [0.1, 0.15) is 0 Å². The van der Waals surface area contributed by atoms with Crippen LogP contribution in [0.3, 0.4) is 0 Å². The standard InChI is InChI=1S/C12H17OSi/c1-14(2,3)12-9-5-4-7-11(12)8-6-10-13/h4-5,7,9H,6,8H2,1-3H3. The fourth-order valence-electron chi connectivity index (χ4n) is 1.66. The first kappa shape index (κ1) is 11.2. The normalized spacial score (nSPS) is 11.4. The quantitative estimate of drug-likeness (QED) is 0.689. The summed E-state index contributed by atoms with van der Waals surface area (Å²) < 4.78 is 0. The molecule has 0 aliphatic carbocycles. The second-order valence-electron chi connectivity index (χ2n) is 4.55. The third-order valence-electron chi connectivity index (χ3n) is 2.32. The molecule has 1 nitrogen and oxygen atoms in total. The predicted octanol–water partition coefficient (Wildman–Crippen LogP) is 2.27. The van der Waals surface area contributed by atoms with Crippen molar-refractivity contribution in [2.45, 2.75) is 32.5 Å². The Morgan fingerprint density at radius 2 is 1.86 bits per heavy atom. The summed E-state index contributed by atoms with van der Waals surface area (Å²) in [5.41, 5.74) is 1.33. The number of carbonyl (C=O) groups excluding carboxylic acids is 1. The van der Waals surface area contributed by atoms with Crippen LogP contribution in [0.4, 0.5) is 0 Å². The van der Waals surface area contributed by atoms with Crippen LogP contribution < -0.4 is 5.19 Å². The van der Waals surface area contributed by atoms with E-state index in [0.717, 1.165) is 6.42 Å². The van der Waals surface area contributed by atoms with E-state index in [1.165, 1.54) is 10.8 Å². The van der Waals surface area contributed by atoms with Crippen molar-refractivity contribution in [2.24, 2.45) is 0 Å². The highest BCUT2D eigenvalue weighted by Crippen LogP contribution is 2.08. The predicted molar refractivity (Wildman–Crippen MR) is 63.4 cm³/mol. The molecule has 0 aliphatic heterocycles. The molecule has 0 aliphatic rings. The molecule has 75 valence electrons. The molecule has 1 rings (SSSR count). The average Bonchev–Trinajstić information content (AvgIpc) is 2.14. The SMILES string of the molecule is C[Si](C)(C)c1ccccc1CC[C]=O. The Balaban J connectivity index is 2.97. The first-order valence-electron chi connectivity index (χ1n) is 4.99. The van der Waals surface area contributed by atoms with Crippen LogP contribution in [0.2, 0.25) is 19.6 Å². The van der Waals surface area contributed by atoms with Crippen LogP contribution >= 0.6 is 0 Å². The molecular formula is C12H17OSi. The van der Waals surface area contributed by atoms with Crippen LogP contribution in [-0.4, -0.2) is 14.4 Å². The van der Waals surface area contributed by atoms with E-state index in [2.05, 4.69) is 37.8 Å². The van der Waals surface area contributed by atoms with Crippen molar-refractivity contribution in [2.75, 3.05) is 0 Å². The van der Waals surface area contributed by atoms with Gasteiger partial charge in [-0.25, -0.2) is 0 Å². The van der Waals surface area contributed by atoms with Gasteiger partial charge in [0.05, 0.1) is 8.07 Å². The Morgan fingerprint density at radius 3 is 2.43 bits per heavy atom. The maximum Gasteiger partial charge on any atom is 0.198 e. The van der Waals surface area contributed by atoms with Crippen molar-refractivity contribution in [1.29, 1.82) is 0 Å². The van der Waals surface area contributed by atoms with Gasteiger partial charge < -0.3 is 0 Å². The van der Waals surface area contributed by atoms with Gasteiger partial charge in [0, 0.05) is 6.42 Å². The van der Waals surface area contributed by atoms with E-state index in [4.69, 9.17) is 0 Å². The molecule has 0 saturated heterocycles. The minimum atomic E-state index is -1.26. The largest absolute Gasteiger partial charge is 0.291 e. The second-order valence-corrected chi connectivity index (χ2v) is 9.59. The van der Waals surface area contributed by atoms with Gasteiger partial charge in [-0.1, -0.05) is 49.1 Å². The molecule has 0 N–H and O–H groups in total. The minimum Gasteiger partial charge on any atom is -0.291 e. The monoisotopic (exact) mass is 205 g/mol. The van der Waals surface area contributed by atoms with Crippen molar-refractivity contribution in [3.63, 3.8) is 0 Å². The first-order valence-corrected chi connectivity index (χ1v) is 8.49. The molecule has 2 heteroatoms. The molecule has 0 spiro atoms. The molecule has 0 aromatic heterocycles. The number of hydrogen-bond donors (Lipinski definition) is 0. The molecule has 0 fully saturated rings. The van der Waals surface area contributed by atoms with Crippen molar-refractivity contribution < 1.29 is 4.79 Å². The van der Waals surface area contributed by atoms with Gasteiger partial charge in [0.15, 0.2) is 6.29 Å². The maximum atomic E-state index is 10.2. The number of benzene rings is 1. The lowest BCUT2D eigenvalue weighted by Crippen LogP contribution is -2.40. The van der Waals surface area contributed by atoms with E-state index in [-0.39, 0.29) is 0 Å². The fraction of sp³-hybridized carbons (Fsp3) is 0.417. The van der Waals surface area contributed by atoms with E-state index >= 15 is 0 Å². The van der Waals surface area contributed by atoms with E-state index in [1.807, 2.05) is 12.4 Å². The smallest absolute Gasteiger partial charge is 0.198 e. The molecule has 0 saturated carbocycles. The van der Waals surface area contributed by atoms with Crippen LogP contribution in [0.5, 0.6) is 0 Å². The molecule has 1 aromatic carbocycles. The Labute approximate surface area is 87.2 Å². The fourth-order valence-corrected chi connectivity index (χ4v) is 3.42. The Kier molecular flexibility index (Phi) is 3.64. The lowest BCUT2D eigenvalue weighted by atomic mass is 10.1. The Morgan fingerprint density at radius 1 is 1.21 bits per heavy atom. The highest BCUT2D eigenvalue weighted by Gasteiger charge is 2.18. The molecule has 0 bridgehead atoms. The van der Waals surface area contributed by atoms with Gasteiger partial charge in [-0.2, -0.15) is 0 Å². The van der Waals surface area contributed by atoms with Crippen LogP contribution in [0, 0.1) is 0 Å². The van der Waals surface area contributed by atoms with E-state index in [1.54, 1.807) is 0 Å². The molecule has 14 heavy (non-hydrogen) atoms. The van der Waals surface area contributed by atoms with Crippen molar-refractivity contribution in [1.82, 2.24) is 0 Å². The van der Waals surface area contributed by atoms with Crippen LogP contribution in [0.15, 0.2) is 24.3 Å². The first-order chi connectivity index (χ1) is 6.55. The topological polar surface area (TPSA) is 17.1 Å². The van der Waals surface area contributed by atoms with Crippen molar-refractivity contribution >= 4 is 19.5 Å². The summed E-state index contributed by atoms with van der Waals surface area (Å²) in [6, 6.07) is 8.46. The zero-order valence-electron chi connectivity index (χ0n) is 9.13. The lowest BCUT2D eigenvalue weighted by Gasteiger charge is -2.20. The average molecular weight is 205 g/mol. The molecule has 0 amide bonds. The summed E-state index contributed by atoms with van der Waals surface area (Å²) in [4.78, 5) is 10.2. The summed E-state index contributed by atoms with van der Waals surface area (Å²) >= 11 is 0. The van der Waals surface area contributed by atoms with Gasteiger partial charge in [-0.15, -0.1) is 0 Å². The van der Waals surface area contributed by atoms with E-state index in [0.29, 0.717) is 6.42 Å². The zero-order valence-corrected chi connectivity index (χ0v) is 10.1. The van der Waals surface area contributed by atoms with Gasteiger partial charge >= 0.3 is 0 Å². The summed E-state index contributed by atoms with van der Waals surface area (Å²) in [5, 5.41) is 1.47. The summed E-state index contributed by atoms with van der Waals surface area (Å²) in [6.45, 7) is 6.99. The van der Waals surface area contributed by atoms with Crippen LogP contribution in [0.25, 0.3) is 0 Å². The molecule has 1 aromatic rings. The van der Waals surface area contributed by atoms with E-state index in [9.17, 15) is 4.79 Å². The van der Waals surface area contributed by atoms with Crippen molar-refractivity contribution in [3.8, 4) is 0 Å². The summed E-state index contributed by atoms with van der Waals surface area (Å²) in [7, 11) is -1.26. The molecule has 0 atom stereocenters. The molecule has 0 unspecified atom stereocenters. The number of rotatable bonds is 4. The zero-order chi connectivity index (χ0) is 10.6. The number of aryl methyl sites for hydroxylation is 1. The minimum absolute atomic E-state index is 0.515. The molecule has 0 heterocycles. The molecular weight excluding hydrogens is 188 g/mol. The Bertz CT molecular complexity index is 312. The maximum absolute atomic E-state index is 10.2. The lowest BCUT2D eigenvalue weighted by molar-refractivity contribution is 0.551. The van der Waals surface area contributed by atoms with Gasteiger partial charge in [-0.05, 0) is 12.0 Å². The highest BCUT2D eigenvalue weighted by atomic mass is 28.3. The van der Waals surface area contributed by atoms with Gasteiger partial charge in [0.2, 0.25) is 0 Å². The van der Waals surface area contributed by atoms with Crippen LogP contribution in [-0.2, 0) is 11.2 Å². The van der Waals surface area contributed by atoms with Gasteiger partial charge in [0.25, 0.3) is 0 Å². The molecule has 1 radical (unpaired) electrons. The highest BCUT2D eigenvalue weighted by molar-refractivity contribution is 6.89.